The molecule has 1 nitrogen and oxygen atoms in total. The summed E-state index contributed by atoms with van der Waals surface area (Å²) in [5, 5.41) is 11.3. The van der Waals surface area contributed by atoms with E-state index in [1.54, 1.807) is 6.92 Å². The first-order valence-corrected chi connectivity index (χ1v) is 3.95. The Morgan fingerprint density at radius 3 is 2.15 bits per heavy atom. The maximum absolute atomic E-state index is 11.3. The summed E-state index contributed by atoms with van der Waals surface area (Å²) in [5.41, 5.74) is 0.520. The Kier molecular flexibility index (Phi) is 4.93. The van der Waals surface area contributed by atoms with E-state index < -0.39 is 5.60 Å². The predicted octanol–water partition coefficient (Wildman–Crippen LogP) is -2.08. The molecule has 3 heteroatoms. The van der Waals surface area contributed by atoms with Gasteiger partial charge in [-0.2, -0.15) is 0 Å². The molecule has 1 saturated carbocycles. The van der Waals surface area contributed by atoms with Crippen LogP contribution in [0.2, 0.25) is 0 Å². The second-order valence-electron chi connectivity index (χ2n) is 3.48. The monoisotopic (exact) mass is 250 g/mol. The van der Waals surface area contributed by atoms with Crippen LogP contribution in [0.3, 0.4) is 0 Å². The van der Waals surface area contributed by atoms with Crippen LogP contribution < -0.4 is 22.1 Å². The fourth-order valence-corrected chi connectivity index (χ4v) is 1.50. The molecule has 0 N–H and O–H groups in total. The molecule has 1 aromatic rings. The van der Waals surface area contributed by atoms with Gasteiger partial charge in [-0.15, -0.1) is 5.60 Å². The molecule has 66 valence electrons. The van der Waals surface area contributed by atoms with E-state index in [2.05, 4.69) is 0 Å². The van der Waals surface area contributed by atoms with Crippen molar-refractivity contribution in [2.75, 3.05) is 0 Å². The molecule has 0 heterocycles. The van der Waals surface area contributed by atoms with Crippen LogP contribution in [0.5, 0.6) is 0 Å². The van der Waals surface area contributed by atoms with E-state index in [4.69, 9.17) is 0 Å². The van der Waals surface area contributed by atoms with Gasteiger partial charge in [0.05, 0.1) is 0 Å². The Hall–Kier alpha value is 0.426. The van der Waals surface area contributed by atoms with Crippen LogP contribution in [0.1, 0.15) is 24.8 Å². The molecule has 1 fully saturated rings. The standard InChI is InChI=1S/C10H11O.BrH.Mg/c1-10(11)7-9(10)8-5-3-2-4-6-8;;/h2-6,9H,7H2,1H3;1H;/q-1;;+2/p-1/t9-,10+;;/m0../s1. The molecule has 2 atom stereocenters. The van der Waals surface area contributed by atoms with E-state index in [1.807, 2.05) is 30.3 Å². The first-order chi connectivity index (χ1) is 5.20. The van der Waals surface area contributed by atoms with Crippen molar-refractivity contribution in [2.45, 2.75) is 24.9 Å². The van der Waals surface area contributed by atoms with Crippen molar-refractivity contribution in [1.82, 2.24) is 0 Å². The zero-order valence-electron chi connectivity index (χ0n) is 7.66. The van der Waals surface area contributed by atoms with Gasteiger partial charge in [-0.05, 0) is 11.5 Å². The zero-order valence-corrected chi connectivity index (χ0v) is 10.7. The molecule has 1 aromatic carbocycles. The molecule has 0 bridgehead atoms. The van der Waals surface area contributed by atoms with E-state index in [-0.39, 0.29) is 46.0 Å². The van der Waals surface area contributed by atoms with Crippen LogP contribution in [0.25, 0.3) is 0 Å². The summed E-state index contributed by atoms with van der Waals surface area (Å²) in [7, 11) is 0. The summed E-state index contributed by atoms with van der Waals surface area (Å²) < 4.78 is 0. The van der Waals surface area contributed by atoms with Gasteiger partial charge >= 0.3 is 23.1 Å². The molecule has 0 amide bonds. The maximum Gasteiger partial charge on any atom is 2.00 e. The zero-order chi connectivity index (χ0) is 7.90. The fourth-order valence-electron chi connectivity index (χ4n) is 1.50. The molecule has 13 heavy (non-hydrogen) atoms. The van der Waals surface area contributed by atoms with Crippen molar-refractivity contribution in [3.63, 3.8) is 0 Å². The summed E-state index contributed by atoms with van der Waals surface area (Å²) in [6, 6.07) is 10.0. The predicted molar refractivity (Wildman–Crippen MR) is 48.0 cm³/mol. The summed E-state index contributed by atoms with van der Waals surface area (Å²) in [6.07, 6.45) is 0.803. The second-order valence-corrected chi connectivity index (χ2v) is 3.48. The minimum absolute atomic E-state index is 0. The van der Waals surface area contributed by atoms with E-state index in [0.29, 0.717) is 0 Å². The second kappa shape index (κ2) is 4.78. The molecule has 0 aromatic heterocycles. The molecular formula is C10H11BrMgO. The van der Waals surface area contributed by atoms with Crippen molar-refractivity contribution in [3.8, 4) is 0 Å². The first kappa shape index (κ1) is 13.4. The third kappa shape index (κ3) is 2.94. The molecule has 0 radical (unpaired) electrons. The van der Waals surface area contributed by atoms with Gasteiger partial charge in [-0.25, -0.2) is 0 Å². The van der Waals surface area contributed by atoms with Gasteiger partial charge in [-0.1, -0.05) is 43.7 Å². The van der Waals surface area contributed by atoms with Crippen LogP contribution in [-0.2, 0) is 0 Å². The minimum Gasteiger partial charge on any atom is -1.00 e. The molecule has 0 saturated heterocycles. The number of halogens is 1. The summed E-state index contributed by atoms with van der Waals surface area (Å²) >= 11 is 0. The van der Waals surface area contributed by atoms with Crippen molar-refractivity contribution in [1.29, 1.82) is 0 Å². The molecule has 1 aliphatic carbocycles. The topological polar surface area (TPSA) is 23.1 Å². The van der Waals surface area contributed by atoms with Crippen molar-refractivity contribution < 1.29 is 22.1 Å². The fraction of sp³-hybridized carbons (Fsp3) is 0.400. The summed E-state index contributed by atoms with van der Waals surface area (Å²) in [6.45, 7) is 1.78. The molecule has 1 aliphatic rings. The van der Waals surface area contributed by atoms with Gasteiger partial charge < -0.3 is 22.1 Å². The number of rotatable bonds is 1. The Morgan fingerprint density at radius 2 is 1.77 bits per heavy atom. The third-order valence-corrected chi connectivity index (χ3v) is 2.39. The number of benzene rings is 1. The van der Waals surface area contributed by atoms with Crippen LogP contribution >= 0.6 is 0 Å². The van der Waals surface area contributed by atoms with E-state index >= 15 is 0 Å². The third-order valence-electron chi connectivity index (χ3n) is 2.39. The van der Waals surface area contributed by atoms with Gasteiger partial charge in [0.25, 0.3) is 0 Å². The maximum atomic E-state index is 11.3. The Labute approximate surface area is 105 Å². The number of hydrogen-bond acceptors (Lipinski definition) is 1. The Morgan fingerprint density at radius 1 is 1.31 bits per heavy atom. The van der Waals surface area contributed by atoms with Crippen molar-refractivity contribution in [3.05, 3.63) is 35.9 Å². The smallest absolute Gasteiger partial charge is 1.00 e. The SMILES string of the molecule is C[C@@]1([O-])C[C@H]1c1ccccc1.[Br-].[Mg+2]. The minimum atomic E-state index is -0.679. The summed E-state index contributed by atoms with van der Waals surface area (Å²) in [5.74, 6) is 0.267. The van der Waals surface area contributed by atoms with Crippen molar-refractivity contribution in [2.24, 2.45) is 0 Å². The van der Waals surface area contributed by atoms with Gasteiger partial charge in [-0.3, -0.25) is 0 Å². The van der Waals surface area contributed by atoms with Crippen molar-refractivity contribution >= 4 is 23.1 Å². The molecule has 0 aliphatic heterocycles. The van der Waals surface area contributed by atoms with Crippen LogP contribution in [-0.4, -0.2) is 28.7 Å². The molecule has 2 rings (SSSR count). The Bertz CT molecular complexity index is 261. The molecule has 0 unspecified atom stereocenters. The summed E-state index contributed by atoms with van der Waals surface area (Å²) in [4.78, 5) is 0. The van der Waals surface area contributed by atoms with Crippen LogP contribution in [0.4, 0.5) is 0 Å². The normalized spacial score (nSPS) is 29.8. The van der Waals surface area contributed by atoms with Crippen LogP contribution in [0.15, 0.2) is 30.3 Å². The Balaban J connectivity index is 0.000000720. The largest absolute Gasteiger partial charge is 2.00 e. The number of hydrogen-bond donors (Lipinski definition) is 0. The average molecular weight is 251 g/mol. The first-order valence-electron chi connectivity index (χ1n) is 3.95. The van der Waals surface area contributed by atoms with Gasteiger partial charge in [0.2, 0.25) is 0 Å². The van der Waals surface area contributed by atoms with Crippen LogP contribution in [0, 0.1) is 0 Å². The van der Waals surface area contributed by atoms with Gasteiger partial charge in [0.1, 0.15) is 0 Å². The van der Waals surface area contributed by atoms with Gasteiger partial charge in [0, 0.05) is 0 Å². The van der Waals surface area contributed by atoms with Gasteiger partial charge in [0.15, 0.2) is 0 Å². The quantitative estimate of drug-likeness (QED) is 0.525. The van der Waals surface area contributed by atoms with E-state index in [9.17, 15) is 5.11 Å². The average Bonchev–Trinajstić information content (AvgIpc) is 2.62. The molecular weight excluding hydrogens is 240 g/mol. The molecule has 0 spiro atoms. The van der Waals surface area contributed by atoms with E-state index in [0.717, 1.165) is 6.42 Å². The van der Waals surface area contributed by atoms with E-state index in [1.165, 1.54) is 5.56 Å².